The van der Waals surface area contributed by atoms with Crippen LogP contribution in [0.2, 0.25) is 4.34 Å². The SMILES string of the molecule is Cc1ccc(CN(C(=O)C2CC(c3ccc(Cl)s3)=NO2)C(C)C)o1. The van der Waals surface area contributed by atoms with Crippen LogP contribution in [0.15, 0.2) is 33.8 Å². The molecule has 1 atom stereocenters. The van der Waals surface area contributed by atoms with E-state index in [1.165, 1.54) is 11.3 Å². The zero-order valence-electron chi connectivity index (χ0n) is 13.8. The van der Waals surface area contributed by atoms with Gasteiger partial charge in [-0.25, -0.2) is 0 Å². The van der Waals surface area contributed by atoms with E-state index in [1.807, 2.05) is 45.0 Å². The van der Waals surface area contributed by atoms with E-state index in [2.05, 4.69) is 5.16 Å². The average Bonchev–Trinajstić information content (AvgIpc) is 3.24. The van der Waals surface area contributed by atoms with Gasteiger partial charge in [0.25, 0.3) is 5.91 Å². The summed E-state index contributed by atoms with van der Waals surface area (Å²) in [6.07, 6.45) is -0.143. The van der Waals surface area contributed by atoms with Crippen molar-refractivity contribution in [1.29, 1.82) is 0 Å². The van der Waals surface area contributed by atoms with Gasteiger partial charge < -0.3 is 14.2 Å². The summed E-state index contributed by atoms with van der Waals surface area (Å²) >= 11 is 7.39. The van der Waals surface area contributed by atoms with Crippen LogP contribution in [-0.4, -0.2) is 28.7 Å². The predicted molar refractivity (Wildman–Crippen MR) is 94.5 cm³/mol. The van der Waals surface area contributed by atoms with E-state index in [1.54, 1.807) is 4.90 Å². The summed E-state index contributed by atoms with van der Waals surface area (Å²) in [7, 11) is 0. The van der Waals surface area contributed by atoms with Crippen LogP contribution in [-0.2, 0) is 16.2 Å². The second-order valence-corrected chi connectivity index (χ2v) is 7.73. The van der Waals surface area contributed by atoms with Crippen molar-refractivity contribution in [3.05, 3.63) is 45.0 Å². The van der Waals surface area contributed by atoms with Crippen molar-refractivity contribution in [3.8, 4) is 0 Å². The van der Waals surface area contributed by atoms with Crippen LogP contribution < -0.4 is 0 Å². The van der Waals surface area contributed by atoms with Gasteiger partial charge in [-0.1, -0.05) is 16.8 Å². The number of amides is 1. The van der Waals surface area contributed by atoms with Gasteiger partial charge >= 0.3 is 0 Å². The maximum Gasteiger partial charge on any atom is 0.267 e. The van der Waals surface area contributed by atoms with E-state index >= 15 is 0 Å². The minimum atomic E-state index is -0.598. The fourth-order valence-corrected chi connectivity index (χ4v) is 3.60. The summed E-state index contributed by atoms with van der Waals surface area (Å²) in [6.45, 7) is 6.26. The van der Waals surface area contributed by atoms with Gasteiger partial charge in [-0.2, -0.15) is 0 Å². The Morgan fingerprint density at radius 2 is 2.21 bits per heavy atom. The van der Waals surface area contributed by atoms with E-state index in [-0.39, 0.29) is 11.9 Å². The lowest BCUT2D eigenvalue weighted by atomic mass is 10.1. The van der Waals surface area contributed by atoms with E-state index in [0.717, 1.165) is 22.1 Å². The molecule has 0 radical (unpaired) electrons. The zero-order chi connectivity index (χ0) is 17.3. The van der Waals surface area contributed by atoms with Gasteiger partial charge in [-0.15, -0.1) is 11.3 Å². The first-order valence-corrected chi connectivity index (χ1v) is 8.97. The molecule has 24 heavy (non-hydrogen) atoms. The number of hydrogen-bond acceptors (Lipinski definition) is 5. The van der Waals surface area contributed by atoms with Gasteiger partial charge in [-0.3, -0.25) is 4.79 Å². The molecule has 0 saturated heterocycles. The Kier molecular flexibility index (Phi) is 4.96. The van der Waals surface area contributed by atoms with E-state index < -0.39 is 6.10 Å². The average molecular weight is 367 g/mol. The molecular formula is C17H19ClN2O3S. The molecule has 1 aliphatic rings. The molecule has 128 valence electrons. The highest BCUT2D eigenvalue weighted by atomic mass is 35.5. The lowest BCUT2D eigenvalue weighted by Gasteiger charge is -2.27. The van der Waals surface area contributed by atoms with Gasteiger partial charge in [-0.05, 0) is 45.0 Å². The first-order chi connectivity index (χ1) is 11.4. The summed E-state index contributed by atoms with van der Waals surface area (Å²) in [4.78, 5) is 20.9. The molecule has 0 aromatic carbocycles. The lowest BCUT2D eigenvalue weighted by Crippen LogP contribution is -2.42. The molecule has 0 fully saturated rings. The van der Waals surface area contributed by atoms with Crippen molar-refractivity contribution >= 4 is 34.6 Å². The maximum absolute atomic E-state index is 12.8. The summed E-state index contributed by atoms with van der Waals surface area (Å²) < 4.78 is 6.29. The lowest BCUT2D eigenvalue weighted by molar-refractivity contribution is -0.144. The third kappa shape index (κ3) is 3.65. The summed E-state index contributed by atoms with van der Waals surface area (Å²) in [6, 6.07) is 7.54. The van der Waals surface area contributed by atoms with Crippen LogP contribution in [0.3, 0.4) is 0 Å². The number of thiophene rings is 1. The number of nitrogens with zero attached hydrogens (tertiary/aromatic N) is 2. The first kappa shape index (κ1) is 17.0. The number of carbonyl (C=O) groups is 1. The highest BCUT2D eigenvalue weighted by molar-refractivity contribution is 7.18. The van der Waals surface area contributed by atoms with Crippen molar-refractivity contribution in [1.82, 2.24) is 4.90 Å². The second-order valence-electron chi connectivity index (χ2n) is 6.01. The number of furan rings is 1. The van der Waals surface area contributed by atoms with Crippen molar-refractivity contribution in [2.45, 2.75) is 45.9 Å². The molecule has 3 rings (SSSR count). The van der Waals surface area contributed by atoms with Gasteiger partial charge in [0.1, 0.15) is 17.2 Å². The number of carbonyl (C=O) groups excluding carboxylic acids is 1. The Morgan fingerprint density at radius 3 is 2.79 bits per heavy atom. The first-order valence-electron chi connectivity index (χ1n) is 7.78. The number of hydrogen-bond donors (Lipinski definition) is 0. The number of oxime groups is 1. The minimum absolute atomic E-state index is 0.0340. The minimum Gasteiger partial charge on any atom is -0.464 e. The number of aryl methyl sites for hydroxylation is 1. The monoisotopic (exact) mass is 366 g/mol. The van der Waals surface area contributed by atoms with Crippen LogP contribution in [0.1, 0.15) is 36.7 Å². The number of rotatable bonds is 5. The maximum atomic E-state index is 12.8. The van der Waals surface area contributed by atoms with Gasteiger partial charge in [0.2, 0.25) is 6.10 Å². The predicted octanol–water partition coefficient (Wildman–Crippen LogP) is 4.23. The Labute approximate surface area is 149 Å². The molecule has 0 spiro atoms. The third-order valence-corrected chi connectivity index (χ3v) is 5.11. The van der Waals surface area contributed by atoms with Crippen molar-refractivity contribution in [2.75, 3.05) is 0 Å². The molecule has 2 aromatic heterocycles. The topological polar surface area (TPSA) is 55.0 Å². The van der Waals surface area contributed by atoms with Crippen molar-refractivity contribution in [3.63, 3.8) is 0 Å². The molecular weight excluding hydrogens is 348 g/mol. The van der Waals surface area contributed by atoms with E-state index in [0.29, 0.717) is 17.3 Å². The summed E-state index contributed by atoms with van der Waals surface area (Å²) in [5.41, 5.74) is 0.766. The molecule has 1 aliphatic heterocycles. The Bertz CT molecular complexity index is 765. The second kappa shape index (κ2) is 6.99. The van der Waals surface area contributed by atoms with Gasteiger partial charge in [0.05, 0.1) is 15.8 Å². The van der Waals surface area contributed by atoms with E-state index in [4.69, 9.17) is 20.9 Å². The van der Waals surface area contributed by atoms with E-state index in [9.17, 15) is 4.79 Å². The molecule has 0 aliphatic carbocycles. The van der Waals surface area contributed by atoms with Gasteiger partial charge in [0, 0.05) is 12.5 Å². The Hall–Kier alpha value is -1.79. The highest BCUT2D eigenvalue weighted by Crippen LogP contribution is 2.27. The molecule has 0 saturated carbocycles. The fourth-order valence-electron chi connectivity index (χ4n) is 2.56. The Morgan fingerprint density at radius 1 is 1.42 bits per heavy atom. The van der Waals surface area contributed by atoms with Crippen molar-refractivity contribution in [2.24, 2.45) is 5.16 Å². The van der Waals surface area contributed by atoms with Crippen LogP contribution >= 0.6 is 22.9 Å². The molecule has 7 heteroatoms. The van der Waals surface area contributed by atoms with Crippen molar-refractivity contribution < 1.29 is 14.0 Å². The molecule has 2 aromatic rings. The largest absolute Gasteiger partial charge is 0.464 e. The number of halogens is 1. The smallest absolute Gasteiger partial charge is 0.267 e. The molecule has 0 N–H and O–H groups in total. The zero-order valence-corrected chi connectivity index (χ0v) is 15.4. The normalized spacial score (nSPS) is 17.0. The van der Waals surface area contributed by atoms with Crippen LogP contribution in [0.5, 0.6) is 0 Å². The van der Waals surface area contributed by atoms with Gasteiger partial charge in [0.15, 0.2) is 0 Å². The van der Waals surface area contributed by atoms with Crippen LogP contribution in [0.25, 0.3) is 0 Å². The fraction of sp³-hybridized carbons (Fsp3) is 0.412. The summed E-state index contributed by atoms with van der Waals surface area (Å²) in [5, 5.41) is 4.07. The molecule has 3 heterocycles. The molecule has 0 bridgehead atoms. The Balaban J connectivity index is 1.68. The third-order valence-electron chi connectivity index (χ3n) is 3.83. The standard InChI is InChI=1S/C17H19ClN2O3S/c1-10(2)20(9-12-5-4-11(3)22-12)17(21)14-8-13(19-23-14)15-6-7-16(18)24-15/h4-7,10,14H,8-9H2,1-3H3. The quantitative estimate of drug-likeness (QED) is 0.795. The van der Waals surface area contributed by atoms with Crippen LogP contribution in [0, 0.1) is 6.92 Å². The molecule has 5 nitrogen and oxygen atoms in total. The van der Waals surface area contributed by atoms with Crippen LogP contribution in [0.4, 0.5) is 0 Å². The molecule has 1 unspecified atom stereocenters. The highest BCUT2D eigenvalue weighted by Gasteiger charge is 2.34. The summed E-state index contributed by atoms with van der Waals surface area (Å²) in [5.74, 6) is 1.51. The molecule has 1 amide bonds.